The predicted molar refractivity (Wildman–Crippen MR) is 115 cm³/mol. The highest BCUT2D eigenvalue weighted by molar-refractivity contribution is 5.81. The quantitative estimate of drug-likeness (QED) is 0.482. The van der Waals surface area contributed by atoms with Crippen molar-refractivity contribution in [1.82, 2.24) is 20.4 Å². The van der Waals surface area contributed by atoms with Gasteiger partial charge in [0.2, 0.25) is 5.91 Å². The van der Waals surface area contributed by atoms with E-state index < -0.39 is 0 Å². The SMILES string of the molecule is CCNC(=NCC(C(C)C)N1CCOCC1)NCCC(=O)N1CCCC(C)C1. The highest BCUT2D eigenvalue weighted by Crippen LogP contribution is 2.16. The molecular formula is C21H41N5O2. The Kier molecular flexibility index (Phi) is 10.1. The lowest BCUT2D eigenvalue weighted by atomic mass is 10.00. The molecule has 2 rings (SSSR count). The Morgan fingerprint density at radius 3 is 2.61 bits per heavy atom. The fourth-order valence-corrected chi connectivity index (χ4v) is 4.05. The number of carbonyl (C=O) groups is 1. The van der Waals surface area contributed by atoms with Crippen LogP contribution in [-0.2, 0) is 9.53 Å². The number of guanidine groups is 1. The zero-order chi connectivity index (χ0) is 20.4. The first-order valence-electron chi connectivity index (χ1n) is 11.1. The van der Waals surface area contributed by atoms with E-state index in [0.29, 0.717) is 30.8 Å². The molecule has 0 aromatic heterocycles. The molecule has 2 fully saturated rings. The van der Waals surface area contributed by atoms with Gasteiger partial charge in [0, 0.05) is 51.7 Å². The van der Waals surface area contributed by atoms with Crippen molar-refractivity contribution in [2.45, 2.75) is 53.0 Å². The van der Waals surface area contributed by atoms with E-state index in [1.807, 2.05) is 4.90 Å². The molecule has 2 aliphatic rings. The molecule has 2 N–H and O–H groups in total. The van der Waals surface area contributed by atoms with Crippen LogP contribution in [0.2, 0.25) is 0 Å². The van der Waals surface area contributed by atoms with Gasteiger partial charge in [0.15, 0.2) is 5.96 Å². The molecule has 0 aromatic carbocycles. The monoisotopic (exact) mass is 395 g/mol. The number of hydrogen-bond donors (Lipinski definition) is 2. The van der Waals surface area contributed by atoms with Crippen molar-refractivity contribution in [3.8, 4) is 0 Å². The van der Waals surface area contributed by atoms with Crippen molar-refractivity contribution in [1.29, 1.82) is 0 Å². The second-order valence-electron chi connectivity index (χ2n) is 8.44. The van der Waals surface area contributed by atoms with E-state index >= 15 is 0 Å². The largest absolute Gasteiger partial charge is 0.379 e. The number of nitrogens with zero attached hydrogens (tertiary/aromatic N) is 3. The molecule has 1 amide bonds. The van der Waals surface area contributed by atoms with E-state index in [1.165, 1.54) is 6.42 Å². The maximum absolute atomic E-state index is 12.5. The molecule has 2 saturated heterocycles. The Bertz CT molecular complexity index is 491. The van der Waals surface area contributed by atoms with Gasteiger partial charge in [-0.2, -0.15) is 0 Å². The first-order chi connectivity index (χ1) is 13.5. The van der Waals surface area contributed by atoms with Gasteiger partial charge in [-0.1, -0.05) is 20.8 Å². The lowest BCUT2D eigenvalue weighted by Crippen LogP contribution is -2.48. The molecule has 7 nitrogen and oxygen atoms in total. The van der Waals surface area contributed by atoms with Crippen LogP contribution in [0.4, 0.5) is 0 Å². The molecule has 162 valence electrons. The molecule has 0 aromatic rings. The number of morpholine rings is 1. The van der Waals surface area contributed by atoms with Gasteiger partial charge in [-0.05, 0) is 31.6 Å². The number of nitrogens with one attached hydrogen (secondary N) is 2. The third-order valence-corrected chi connectivity index (χ3v) is 5.71. The molecule has 2 heterocycles. The maximum Gasteiger partial charge on any atom is 0.224 e. The predicted octanol–water partition coefficient (Wildman–Crippen LogP) is 1.55. The third kappa shape index (κ3) is 7.59. The molecule has 0 spiro atoms. The standard InChI is InChI=1S/C21H41N5O2/c1-5-22-21(23-9-8-20(27)26-10-6-7-18(4)16-26)24-15-19(17(2)3)25-11-13-28-14-12-25/h17-19H,5-16H2,1-4H3,(H2,22,23,24). The van der Waals surface area contributed by atoms with Crippen LogP contribution in [0.3, 0.4) is 0 Å². The Balaban J connectivity index is 1.82. The highest BCUT2D eigenvalue weighted by Gasteiger charge is 2.24. The van der Waals surface area contributed by atoms with Gasteiger partial charge >= 0.3 is 0 Å². The van der Waals surface area contributed by atoms with Crippen LogP contribution in [0.5, 0.6) is 0 Å². The smallest absolute Gasteiger partial charge is 0.224 e. The first kappa shape index (κ1) is 22.9. The summed E-state index contributed by atoms with van der Waals surface area (Å²) >= 11 is 0. The van der Waals surface area contributed by atoms with Gasteiger partial charge in [-0.3, -0.25) is 14.7 Å². The maximum atomic E-state index is 12.5. The molecule has 0 bridgehead atoms. The van der Waals surface area contributed by atoms with Crippen molar-refractivity contribution in [3.05, 3.63) is 0 Å². The zero-order valence-corrected chi connectivity index (χ0v) is 18.4. The summed E-state index contributed by atoms with van der Waals surface area (Å²) in [6.07, 6.45) is 2.89. The van der Waals surface area contributed by atoms with Gasteiger partial charge in [0.1, 0.15) is 0 Å². The van der Waals surface area contributed by atoms with E-state index in [2.05, 4.69) is 43.2 Å². The average Bonchev–Trinajstić information content (AvgIpc) is 2.68. The van der Waals surface area contributed by atoms with Crippen molar-refractivity contribution in [2.75, 3.05) is 59.0 Å². The van der Waals surface area contributed by atoms with Crippen molar-refractivity contribution in [3.63, 3.8) is 0 Å². The number of hydrogen-bond acceptors (Lipinski definition) is 4. The fraction of sp³-hybridized carbons (Fsp3) is 0.905. The number of likely N-dealkylation sites (tertiary alicyclic amines) is 1. The normalized spacial score (nSPS) is 23.0. The van der Waals surface area contributed by atoms with Crippen LogP contribution in [-0.4, -0.2) is 86.7 Å². The summed E-state index contributed by atoms with van der Waals surface area (Å²) in [5.41, 5.74) is 0. The van der Waals surface area contributed by atoms with Crippen molar-refractivity contribution < 1.29 is 9.53 Å². The van der Waals surface area contributed by atoms with Crippen LogP contribution in [0.25, 0.3) is 0 Å². The molecule has 28 heavy (non-hydrogen) atoms. The molecule has 7 heteroatoms. The minimum absolute atomic E-state index is 0.253. The summed E-state index contributed by atoms with van der Waals surface area (Å²) in [7, 11) is 0. The van der Waals surface area contributed by atoms with E-state index in [-0.39, 0.29) is 5.91 Å². The first-order valence-corrected chi connectivity index (χ1v) is 11.1. The van der Waals surface area contributed by atoms with Gasteiger partial charge in [-0.25, -0.2) is 0 Å². The average molecular weight is 396 g/mol. The fourth-order valence-electron chi connectivity index (χ4n) is 4.05. The molecule has 2 unspecified atom stereocenters. The van der Waals surface area contributed by atoms with E-state index in [4.69, 9.17) is 9.73 Å². The second-order valence-corrected chi connectivity index (χ2v) is 8.44. The van der Waals surface area contributed by atoms with Crippen LogP contribution in [0, 0.1) is 11.8 Å². The van der Waals surface area contributed by atoms with Crippen LogP contribution < -0.4 is 10.6 Å². The number of piperidine rings is 1. The summed E-state index contributed by atoms with van der Waals surface area (Å²) in [6, 6.07) is 0.413. The molecular weight excluding hydrogens is 354 g/mol. The molecule has 0 radical (unpaired) electrons. The Labute approximate surface area is 171 Å². The van der Waals surface area contributed by atoms with Crippen molar-refractivity contribution >= 4 is 11.9 Å². The summed E-state index contributed by atoms with van der Waals surface area (Å²) in [5.74, 6) is 2.22. The molecule has 0 aliphatic carbocycles. The Hall–Kier alpha value is -1.34. The molecule has 2 atom stereocenters. The number of amides is 1. The second kappa shape index (κ2) is 12.3. The minimum Gasteiger partial charge on any atom is -0.379 e. The topological polar surface area (TPSA) is 69.2 Å². The summed E-state index contributed by atoms with van der Waals surface area (Å²) in [5, 5.41) is 6.66. The number of aliphatic imine (C=N–C) groups is 1. The van der Waals surface area contributed by atoms with Crippen LogP contribution in [0.1, 0.15) is 47.0 Å². The Morgan fingerprint density at radius 1 is 1.21 bits per heavy atom. The third-order valence-electron chi connectivity index (χ3n) is 5.71. The zero-order valence-electron chi connectivity index (χ0n) is 18.4. The van der Waals surface area contributed by atoms with Crippen molar-refractivity contribution in [2.24, 2.45) is 16.8 Å². The number of carbonyl (C=O) groups excluding carboxylic acids is 1. The lowest BCUT2D eigenvalue weighted by molar-refractivity contribution is -0.132. The van der Waals surface area contributed by atoms with Gasteiger partial charge in [0.25, 0.3) is 0 Å². The van der Waals surface area contributed by atoms with Crippen LogP contribution in [0.15, 0.2) is 4.99 Å². The minimum atomic E-state index is 0.253. The van der Waals surface area contributed by atoms with Gasteiger partial charge in [-0.15, -0.1) is 0 Å². The van der Waals surface area contributed by atoms with E-state index in [9.17, 15) is 4.79 Å². The van der Waals surface area contributed by atoms with E-state index in [1.54, 1.807) is 0 Å². The summed E-state index contributed by atoms with van der Waals surface area (Å²) in [4.78, 5) is 21.8. The lowest BCUT2D eigenvalue weighted by Gasteiger charge is -2.36. The van der Waals surface area contributed by atoms with Gasteiger partial charge in [0.05, 0.1) is 19.8 Å². The van der Waals surface area contributed by atoms with Crippen LogP contribution >= 0.6 is 0 Å². The Morgan fingerprint density at radius 2 is 1.96 bits per heavy atom. The van der Waals surface area contributed by atoms with Gasteiger partial charge < -0.3 is 20.3 Å². The summed E-state index contributed by atoms with van der Waals surface area (Å²) in [6.45, 7) is 16.4. The molecule has 2 aliphatic heterocycles. The summed E-state index contributed by atoms with van der Waals surface area (Å²) < 4.78 is 5.49. The number of ether oxygens (including phenoxy) is 1. The molecule has 0 saturated carbocycles. The van der Waals surface area contributed by atoms with E-state index in [0.717, 1.165) is 64.9 Å². The number of rotatable bonds is 8. The highest BCUT2D eigenvalue weighted by atomic mass is 16.5.